The van der Waals surface area contributed by atoms with Crippen molar-refractivity contribution >= 4 is 32.6 Å². The van der Waals surface area contributed by atoms with Gasteiger partial charge in [0, 0.05) is 0 Å². The summed E-state index contributed by atoms with van der Waals surface area (Å²) in [7, 11) is -3.98. The first kappa shape index (κ1) is 14.6. The number of imide groups is 1. The number of amides is 2. The van der Waals surface area contributed by atoms with E-state index in [0.29, 0.717) is 0 Å². The maximum Gasteiger partial charge on any atom is 0.271 e. The summed E-state index contributed by atoms with van der Waals surface area (Å²) < 4.78 is 26.8. The van der Waals surface area contributed by atoms with Gasteiger partial charge in [0.1, 0.15) is 6.04 Å². The molecule has 3 rings (SSSR count). The van der Waals surface area contributed by atoms with Crippen molar-refractivity contribution < 1.29 is 23.2 Å². The van der Waals surface area contributed by atoms with Crippen molar-refractivity contribution in [1.82, 2.24) is 9.79 Å². The van der Waals surface area contributed by atoms with Crippen molar-refractivity contribution in [1.29, 1.82) is 0 Å². The Balaban J connectivity index is 1.92. The van der Waals surface area contributed by atoms with Gasteiger partial charge in [0.25, 0.3) is 11.8 Å². The molecule has 0 aromatic heterocycles. The number of carbonyl (C=O) groups excluding carboxylic acids is 2. The van der Waals surface area contributed by atoms with Crippen molar-refractivity contribution in [2.45, 2.75) is 17.4 Å². The molecule has 1 saturated heterocycles. The third kappa shape index (κ3) is 2.47. The predicted molar refractivity (Wildman–Crippen MR) is 76.3 cm³/mol. The SMILES string of the molecule is O=C1C[C@H](NS(=O)(=O)c2ccc3ccccc3c2)C(=O)N1O. The minimum Gasteiger partial charge on any atom is -0.278 e. The summed E-state index contributed by atoms with van der Waals surface area (Å²) in [5, 5.41) is 10.7. The van der Waals surface area contributed by atoms with E-state index in [1.165, 1.54) is 12.1 Å². The smallest absolute Gasteiger partial charge is 0.271 e. The maximum absolute atomic E-state index is 12.3. The van der Waals surface area contributed by atoms with E-state index in [2.05, 4.69) is 4.72 Å². The third-order valence-electron chi connectivity index (χ3n) is 3.45. The van der Waals surface area contributed by atoms with Gasteiger partial charge >= 0.3 is 0 Å². The van der Waals surface area contributed by atoms with Gasteiger partial charge < -0.3 is 0 Å². The number of hydrogen-bond acceptors (Lipinski definition) is 5. The number of rotatable bonds is 3. The van der Waals surface area contributed by atoms with Gasteiger partial charge in [0.15, 0.2) is 0 Å². The van der Waals surface area contributed by atoms with Crippen LogP contribution < -0.4 is 4.72 Å². The van der Waals surface area contributed by atoms with Crippen LogP contribution in [-0.2, 0) is 19.6 Å². The number of fused-ring (bicyclic) bond motifs is 1. The fourth-order valence-corrected chi connectivity index (χ4v) is 3.52. The molecule has 0 radical (unpaired) electrons. The van der Waals surface area contributed by atoms with Crippen LogP contribution in [-0.4, -0.2) is 36.5 Å². The quantitative estimate of drug-likeness (QED) is 0.638. The number of hydroxylamine groups is 2. The van der Waals surface area contributed by atoms with Crippen molar-refractivity contribution in [2.24, 2.45) is 0 Å². The molecule has 114 valence electrons. The van der Waals surface area contributed by atoms with E-state index in [-0.39, 0.29) is 9.96 Å². The summed E-state index contributed by atoms with van der Waals surface area (Å²) >= 11 is 0. The Morgan fingerprint density at radius 1 is 1.09 bits per heavy atom. The lowest BCUT2D eigenvalue weighted by Crippen LogP contribution is -2.40. The van der Waals surface area contributed by atoms with Crippen LogP contribution in [0.3, 0.4) is 0 Å². The number of nitrogens with zero attached hydrogens (tertiary/aromatic N) is 1. The molecule has 0 aliphatic carbocycles. The Bertz CT molecular complexity index is 878. The van der Waals surface area contributed by atoms with Crippen LogP contribution in [0, 0.1) is 0 Å². The average molecular weight is 320 g/mol. The predicted octanol–water partition coefficient (Wildman–Crippen LogP) is 0.635. The van der Waals surface area contributed by atoms with Gasteiger partial charge in [0.05, 0.1) is 11.3 Å². The van der Waals surface area contributed by atoms with Gasteiger partial charge in [-0.05, 0) is 22.9 Å². The second-order valence-electron chi connectivity index (χ2n) is 4.93. The molecule has 1 atom stereocenters. The molecule has 0 spiro atoms. The van der Waals surface area contributed by atoms with E-state index in [4.69, 9.17) is 5.21 Å². The average Bonchev–Trinajstić information content (AvgIpc) is 2.73. The lowest BCUT2D eigenvalue weighted by Gasteiger charge is -2.11. The largest absolute Gasteiger partial charge is 0.278 e. The van der Waals surface area contributed by atoms with Crippen molar-refractivity contribution in [2.75, 3.05) is 0 Å². The van der Waals surface area contributed by atoms with Crippen molar-refractivity contribution in [3.8, 4) is 0 Å². The van der Waals surface area contributed by atoms with Crippen LogP contribution in [0.15, 0.2) is 47.4 Å². The van der Waals surface area contributed by atoms with Gasteiger partial charge in [-0.1, -0.05) is 30.3 Å². The molecule has 0 bridgehead atoms. The summed E-state index contributed by atoms with van der Waals surface area (Å²) in [6.07, 6.45) is -0.401. The summed E-state index contributed by atoms with van der Waals surface area (Å²) in [5.74, 6) is -1.81. The molecule has 2 amide bonds. The molecule has 2 aromatic carbocycles. The van der Waals surface area contributed by atoms with E-state index >= 15 is 0 Å². The van der Waals surface area contributed by atoms with Crippen molar-refractivity contribution in [3.05, 3.63) is 42.5 Å². The molecular formula is C14H12N2O5S. The van der Waals surface area contributed by atoms with E-state index < -0.39 is 34.3 Å². The van der Waals surface area contributed by atoms with Gasteiger partial charge in [-0.2, -0.15) is 9.79 Å². The number of nitrogens with one attached hydrogen (secondary N) is 1. The Morgan fingerprint density at radius 2 is 1.77 bits per heavy atom. The lowest BCUT2D eigenvalue weighted by atomic mass is 10.1. The highest BCUT2D eigenvalue weighted by Crippen LogP contribution is 2.20. The Kier molecular flexibility index (Phi) is 3.44. The Hall–Kier alpha value is -2.29. The molecule has 1 fully saturated rings. The zero-order valence-corrected chi connectivity index (χ0v) is 12.1. The zero-order chi connectivity index (χ0) is 15.9. The summed E-state index contributed by atoms with van der Waals surface area (Å²) in [6, 6.07) is 10.5. The van der Waals surface area contributed by atoms with E-state index in [1.54, 1.807) is 18.2 Å². The molecule has 22 heavy (non-hydrogen) atoms. The fourth-order valence-electron chi connectivity index (χ4n) is 2.30. The van der Waals surface area contributed by atoms with E-state index in [1.807, 2.05) is 12.1 Å². The molecule has 1 aliphatic rings. The van der Waals surface area contributed by atoms with Crippen LogP contribution in [0.4, 0.5) is 0 Å². The lowest BCUT2D eigenvalue weighted by molar-refractivity contribution is -0.171. The Morgan fingerprint density at radius 3 is 2.41 bits per heavy atom. The topological polar surface area (TPSA) is 104 Å². The molecule has 8 heteroatoms. The second-order valence-corrected chi connectivity index (χ2v) is 6.64. The maximum atomic E-state index is 12.3. The van der Waals surface area contributed by atoms with Crippen LogP contribution in [0.1, 0.15) is 6.42 Å². The van der Waals surface area contributed by atoms with E-state index in [0.717, 1.165) is 10.8 Å². The Labute approximate surface area is 126 Å². The third-order valence-corrected chi connectivity index (χ3v) is 4.92. The molecule has 1 aliphatic heterocycles. The molecule has 7 nitrogen and oxygen atoms in total. The molecule has 2 N–H and O–H groups in total. The number of hydrogen-bond donors (Lipinski definition) is 2. The minimum absolute atomic E-state index is 0.0113. The van der Waals surface area contributed by atoms with E-state index in [9.17, 15) is 18.0 Å². The molecule has 0 unspecified atom stereocenters. The fraction of sp³-hybridized carbons (Fsp3) is 0.143. The number of benzene rings is 2. The first-order valence-corrected chi connectivity index (χ1v) is 7.93. The summed E-state index contributed by atoms with van der Waals surface area (Å²) in [6.45, 7) is 0. The highest BCUT2D eigenvalue weighted by Gasteiger charge is 2.40. The minimum atomic E-state index is -3.98. The van der Waals surface area contributed by atoms with Crippen LogP contribution in [0.2, 0.25) is 0 Å². The summed E-state index contributed by atoms with van der Waals surface area (Å²) in [4.78, 5) is 22.8. The van der Waals surface area contributed by atoms with Crippen molar-refractivity contribution in [3.63, 3.8) is 0 Å². The number of carbonyl (C=O) groups is 2. The van der Waals surface area contributed by atoms with Gasteiger partial charge in [-0.15, -0.1) is 0 Å². The van der Waals surface area contributed by atoms with Gasteiger partial charge in [-0.3, -0.25) is 14.8 Å². The van der Waals surface area contributed by atoms with Crippen LogP contribution in [0.25, 0.3) is 10.8 Å². The van der Waals surface area contributed by atoms with Gasteiger partial charge in [-0.25, -0.2) is 8.42 Å². The molecule has 1 heterocycles. The highest BCUT2D eigenvalue weighted by molar-refractivity contribution is 7.89. The van der Waals surface area contributed by atoms with Crippen LogP contribution >= 0.6 is 0 Å². The zero-order valence-electron chi connectivity index (χ0n) is 11.3. The molecule has 2 aromatic rings. The first-order chi connectivity index (χ1) is 10.4. The normalized spacial score (nSPS) is 19.1. The van der Waals surface area contributed by atoms with Crippen LogP contribution in [0.5, 0.6) is 0 Å². The highest BCUT2D eigenvalue weighted by atomic mass is 32.2. The second kappa shape index (κ2) is 5.16. The monoisotopic (exact) mass is 320 g/mol. The standard InChI is InChI=1S/C14H12N2O5S/c17-13-8-12(14(18)16(13)19)15-22(20,21)11-6-5-9-3-1-2-4-10(9)7-11/h1-7,12,15,19H,8H2/t12-/m0/s1. The first-order valence-electron chi connectivity index (χ1n) is 6.45. The van der Waals surface area contributed by atoms with Gasteiger partial charge in [0.2, 0.25) is 10.0 Å². The molecule has 0 saturated carbocycles. The molecular weight excluding hydrogens is 308 g/mol. The number of sulfonamides is 1. The summed E-state index contributed by atoms with van der Waals surface area (Å²) in [5.41, 5.74) is 0.